The summed E-state index contributed by atoms with van der Waals surface area (Å²) in [7, 11) is 0. The fourth-order valence-corrected chi connectivity index (χ4v) is 6.79. The van der Waals surface area contributed by atoms with E-state index in [4.69, 9.17) is 18.9 Å². The van der Waals surface area contributed by atoms with Crippen LogP contribution in [0, 0.1) is 17.7 Å². The van der Waals surface area contributed by atoms with Crippen molar-refractivity contribution >= 4 is 35.7 Å². The van der Waals surface area contributed by atoms with Crippen LogP contribution < -0.4 is 9.47 Å². The topological polar surface area (TPSA) is 122 Å². The summed E-state index contributed by atoms with van der Waals surface area (Å²) < 4.78 is 34.6. The third-order valence-electron chi connectivity index (χ3n) is 9.36. The number of cyclic esters (lactones) is 4. The van der Waals surface area contributed by atoms with Crippen molar-refractivity contribution in [1.29, 1.82) is 0 Å². The summed E-state index contributed by atoms with van der Waals surface area (Å²) in [5.74, 6) is -4.15. The molecule has 2 heterocycles. The van der Waals surface area contributed by atoms with Gasteiger partial charge in [-0.1, -0.05) is 50.0 Å². The minimum atomic E-state index is -0.743. The molecular weight excluding hydrogens is 631 g/mol. The molecule has 2 aliphatic heterocycles. The molecule has 2 saturated heterocycles. The Morgan fingerprint density at radius 1 is 0.694 bits per heavy atom. The molecule has 0 amide bonds. The van der Waals surface area contributed by atoms with E-state index in [1.807, 2.05) is 30.3 Å². The number of hydrogen-bond donors (Lipinski definition) is 0. The quantitative estimate of drug-likeness (QED) is 0.0561. The molecule has 10 heteroatoms. The van der Waals surface area contributed by atoms with Gasteiger partial charge in [0.05, 0.1) is 37.4 Å². The second kappa shape index (κ2) is 15.4. The zero-order valence-electron chi connectivity index (χ0n) is 26.9. The van der Waals surface area contributed by atoms with Crippen molar-refractivity contribution in [3.8, 4) is 11.5 Å². The lowest BCUT2D eigenvalue weighted by Gasteiger charge is -2.33. The summed E-state index contributed by atoms with van der Waals surface area (Å²) >= 11 is 0. The Hall–Kier alpha value is -5.12. The summed E-state index contributed by atoms with van der Waals surface area (Å²) in [6.45, 7) is 1.11. The van der Waals surface area contributed by atoms with Crippen molar-refractivity contribution in [2.24, 2.45) is 11.8 Å². The molecule has 0 N–H and O–H groups in total. The average molecular weight is 669 g/mol. The number of halogens is 1. The Balaban J connectivity index is 0.882. The molecule has 254 valence electrons. The van der Waals surface area contributed by atoms with Crippen molar-refractivity contribution in [3.63, 3.8) is 0 Å². The average Bonchev–Trinajstić information content (AvgIpc) is 3.59. The third kappa shape index (κ3) is 8.13. The minimum Gasteiger partial charge on any atom is -0.494 e. The molecule has 1 aliphatic carbocycles. The molecule has 9 nitrogen and oxygen atoms in total. The number of carbonyl (C=O) groups excluding carboxylic acids is 5. The number of ether oxygens (including phenoxy) is 4. The van der Waals surface area contributed by atoms with Gasteiger partial charge in [0.1, 0.15) is 17.3 Å². The second-order valence-electron chi connectivity index (χ2n) is 12.7. The van der Waals surface area contributed by atoms with Crippen LogP contribution in [0.5, 0.6) is 11.5 Å². The van der Waals surface area contributed by atoms with E-state index in [0.717, 1.165) is 55.4 Å². The molecule has 4 atom stereocenters. The fourth-order valence-electron chi connectivity index (χ4n) is 6.79. The zero-order valence-corrected chi connectivity index (χ0v) is 26.9. The lowest BCUT2D eigenvalue weighted by molar-refractivity contribution is -0.155. The van der Waals surface area contributed by atoms with Crippen LogP contribution in [0.4, 0.5) is 4.39 Å². The summed E-state index contributed by atoms with van der Waals surface area (Å²) in [5, 5.41) is 0. The monoisotopic (exact) mass is 668 g/mol. The van der Waals surface area contributed by atoms with Crippen LogP contribution in [-0.4, -0.2) is 42.9 Å². The summed E-state index contributed by atoms with van der Waals surface area (Å²) in [6, 6.07) is 18.3. The first kappa shape index (κ1) is 33.8. The first-order chi connectivity index (χ1) is 23.8. The highest BCUT2D eigenvalue weighted by atomic mass is 19.1. The van der Waals surface area contributed by atoms with Crippen molar-refractivity contribution in [3.05, 3.63) is 101 Å². The van der Waals surface area contributed by atoms with Gasteiger partial charge in [0, 0.05) is 5.56 Å². The molecule has 49 heavy (non-hydrogen) atoms. The number of unbranched alkanes of at least 4 members (excludes halogenated alkanes) is 5. The van der Waals surface area contributed by atoms with Gasteiger partial charge in [0.25, 0.3) is 0 Å². The molecule has 0 bridgehead atoms. The van der Waals surface area contributed by atoms with Gasteiger partial charge in [-0.2, -0.15) is 0 Å². The number of ketones is 1. The molecule has 0 aromatic heterocycles. The van der Waals surface area contributed by atoms with E-state index in [-0.39, 0.29) is 24.4 Å². The van der Waals surface area contributed by atoms with Crippen molar-refractivity contribution < 1.29 is 47.3 Å². The highest BCUT2D eigenvalue weighted by Gasteiger charge is 2.53. The van der Waals surface area contributed by atoms with Gasteiger partial charge in [-0.3, -0.25) is 24.0 Å². The van der Waals surface area contributed by atoms with Crippen LogP contribution in [0.1, 0.15) is 90.3 Å². The predicted molar refractivity (Wildman–Crippen MR) is 175 cm³/mol. The SMILES string of the molecule is O=C1CC(C2CC3C(=O)OC(=O)C3c3cc(OCCCCCCCCOc4ccc(C=CC(=O)c5ccc(F)cc5)cc4)ccc32)C(=O)O1. The Labute approximate surface area is 283 Å². The highest BCUT2D eigenvalue weighted by molar-refractivity contribution is 6.06. The van der Waals surface area contributed by atoms with E-state index >= 15 is 0 Å². The number of allylic oxidation sites excluding steroid dienone is 1. The molecule has 0 spiro atoms. The maximum Gasteiger partial charge on any atom is 0.321 e. The smallest absolute Gasteiger partial charge is 0.321 e. The third-order valence-corrected chi connectivity index (χ3v) is 9.36. The van der Waals surface area contributed by atoms with Gasteiger partial charge in [-0.25, -0.2) is 4.39 Å². The van der Waals surface area contributed by atoms with Crippen molar-refractivity contribution in [2.75, 3.05) is 13.2 Å². The van der Waals surface area contributed by atoms with Gasteiger partial charge in [-0.15, -0.1) is 0 Å². The van der Waals surface area contributed by atoms with E-state index in [1.54, 1.807) is 18.2 Å². The fraction of sp³-hybridized carbons (Fsp3) is 0.359. The van der Waals surface area contributed by atoms with Crippen LogP contribution in [0.25, 0.3) is 6.08 Å². The molecule has 4 unspecified atom stereocenters. The number of carbonyl (C=O) groups is 5. The molecule has 3 aromatic rings. The first-order valence-electron chi connectivity index (χ1n) is 16.7. The molecule has 2 fully saturated rings. The van der Waals surface area contributed by atoms with Crippen LogP contribution >= 0.6 is 0 Å². The van der Waals surface area contributed by atoms with Gasteiger partial charge < -0.3 is 18.9 Å². The lowest BCUT2D eigenvalue weighted by atomic mass is 9.67. The number of hydrogen-bond acceptors (Lipinski definition) is 9. The van der Waals surface area contributed by atoms with Crippen LogP contribution in [0.3, 0.4) is 0 Å². The van der Waals surface area contributed by atoms with Gasteiger partial charge in [0.2, 0.25) is 0 Å². The van der Waals surface area contributed by atoms with Gasteiger partial charge in [0.15, 0.2) is 5.78 Å². The summed E-state index contributed by atoms with van der Waals surface area (Å²) in [6.07, 6.45) is 9.33. The number of fused-ring (bicyclic) bond motifs is 3. The predicted octanol–water partition coefficient (Wildman–Crippen LogP) is 6.88. The highest BCUT2D eigenvalue weighted by Crippen LogP contribution is 2.51. The van der Waals surface area contributed by atoms with Crippen LogP contribution in [0.2, 0.25) is 0 Å². The molecule has 3 aliphatic rings. The first-order valence-corrected chi connectivity index (χ1v) is 16.7. The maximum atomic E-state index is 13.1. The number of benzene rings is 3. The maximum absolute atomic E-state index is 13.1. The van der Waals surface area contributed by atoms with Crippen LogP contribution in [-0.2, 0) is 28.7 Å². The van der Waals surface area contributed by atoms with Crippen molar-refractivity contribution in [1.82, 2.24) is 0 Å². The zero-order chi connectivity index (χ0) is 34.3. The Kier molecular flexibility index (Phi) is 10.6. The lowest BCUT2D eigenvalue weighted by Crippen LogP contribution is -2.31. The summed E-state index contributed by atoms with van der Waals surface area (Å²) in [4.78, 5) is 61.4. The Morgan fingerprint density at radius 2 is 1.33 bits per heavy atom. The minimum absolute atomic E-state index is 0.0475. The molecule has 0 saturated carbocycles. The Morgan fingerprint density at radius 3 is 2.00 bits per heavy atom. The normalized spacial score (nSPS) is 21.3. The standard InChI is InChI=1S/C39H37FO9/c40-26-12-10-25(11-13-26)34(41)18-9-24-7-14-27(15-8-24)46-19-5-3-1-2-4-6-20-47-28-16-17-29-30(32-23-35(42)48-37(32)43)22-33-36(31(29)21-28)39(45)49-38(33)44/h7-18,21,30,32-33,36H,1-6,19-20,22-23H2. The molecule has 3 aromatic carbocycles. The molecule has 0 radical (unpaired) electrons. The van der Waals surface area contributed by atoms with E-state index in [0.29, 0.717) is 30.1 Å². The van der Waals surface area contributed by atoms with E-state index in [9.17, 15) is 28.4 Å². The molecular formula is C39H37FO9. The number of rotatable bonds is 15. The Bertz CT molecular complexity index is 1740. The van der Waals surface area contributed by atoms with E-state index in [2.05, 4.69) is 0 Å². The largest absolute Gasteiger partial charge is 0.494 e. The number of esters is 4. The van der Waals surface area contributed by atoms with Gasteiger partial charge in [-0.05, 0) is 96.5 Å². The van der Waals surface area contributed by atoms with E-state index < -0.39 is 47.5 Å². The molecule has 6 rings (SSSR count). The van der Waals surface area contributed by atoms with Gasteiger partial charge >= 0.3 is 23.9 Å². The summed E-state index contributed by atoms with van der Waals surface area (Å²) in [5.41, 5.74) is 2.66. The second-order valence-corrected chi connectivity index (χ2v) is 12.7. The van der Waals surface area contributed by atoms with Crippen molar-refractivity contribution in [2.45, 2.75) is 63.2 Å². The van der Waals surface area contributed by atoms with E-state index in [1.165, 1.54) is 30.3 Å². The van der Waals surface area contributed by atoms with Crippen LogP contribution in [0.15, 0.2) is 72.8 Å².